The molecule has 2 aromatic rings. The van der Waals surface area contributed by atoms with Crippen molar-refractivity contribution in [3.05, 3.63) is 46.7 Å². The summed E-state index contributed by atoms with van der Waals surface area (Å²) in [5.41, 5.74) is 2.54. The Kier molecular flexibility index (Phi) is 3.23. The topological polar surface area (TPSA) is 79.5 Å². The summed E-state index contributed by atoms with van der Waals surface area (Å²) in [5, 5.41) is 16.9. The Labute approximate surface area is 116 Å². The number of nitrogens with zero attached hydrogens (tertiary/aromatic N) is 3. The molecule has 6 nitrogen and oxygen atoms in total. The predicted octanol–water partition coefficient (Wildman–Crippen LogP) is 1.85. The Bertz CT molecular complexity index is 651. The molecule has 0 atom stereocenters. The first-order valence-corrected chi connectivity index (χ1v) is 6.54. The molecule has 1 N–H and O–H groups in total. The second-order valence-corrected chi connectivity index (χ2v) is 4.88. The van der Waals surface area contributed by atoms with Crippen LogP contribution in [-0.2, 0) is 26.1 Å². The molecule has 0 spiro atoms. The van der Waals surface area contributed by atoms with E-state index in [0.717, 1.165) is 24.1 Å². The number of carboxylic acids is 1. The van der Waals surface area contributed by atoms with Gasteiger partial charge in [0, 0.05) is 19.5 Å². The lowest BCUT2D eigenvalue weighted by Crippen LogP contribution is -2.15. The van der Waals surface area contributed by atoms with E-state index in [0.29, 0.717) is 30.4 Å². The predicted molar refractivity (Wildman–Crippen MR) is 70.0 cm³/mol. The van der Waals surface area contributed by atoms with Gasteiger partial charge in [-0.25, -0.2) is 4.79 Å². The van der Waals surface area contributed by atoms with Crippen LogP contribution in [-0.4, -0.2) is 26.2 Å². The lowest BCUT2D eigenvalue weighted by Gasteiger charge is -2.10. The normalized spacial score (nSPS) is 14.4. The van der Waals surface area contributed by atoms with E-state index in [9.17, 15) is 4.79 Å². The van der Waals surface area contributed by atoms with Gasteiger partial charge in [0.15, 0.2) is 0 Å². The third kappa shape index (κ3) is 2.42. The molecule has 0 saturated carbocycles. The fourth-order valence-corrected chi connectivity index (χ4v) is 2.40. The molecular formula is C14H15N3O3. The summed E-state index contributed by atoms with van der Waals surface area (Å²) in [6.07, 6.45) is 0.731. The van der Waals surface area contributed by atoms with E-state index >= 15 is 0 Å². The maximum absolute atomic E-state index is 11.0. The summed E-state index contributed by atoms with van der Waals surface area (Å²) in [6.45, 7) is 4.04. The number of aryl methyl sites for hydroxylation is 1. The van der Waals surface area contributed by atoms with Gasteiger partial charge in [-0.05, 0) is 23.3 Å². The van der Waals surface area contributed by atoms with Crippen LogP contribution in [0.1, 0.15) is 40.2 Å². The van der Waals surface area contributed by atoms with Gasteiger partial charge in [-0.2, -0.15) is 0 Å². The average molecular weight is 273 g/mol. The minimum absolute atomic E-state index is 0.330. The minimum Gasteiger partial charge on any atom is -0.478 e. The summed E-state index contributed by atoms with van der Waals surface area (Å²) in [7, 11) is 0. The molecule has 3 rings (SSSR count). The highest BCUT2D eigenvalue weighted by Crippen LogP contribution is 2.25. The monoisotopic (exact) mass is 273 g/mol. The molecule has 1 aliphatic rings. The molecule has 0 bridgehead atoms. The van der Waals surface area contributed by atoms with Gasteiger partial charge in [0.1, 0.15) is 0 Å². The van der Waals surface area contributed by atoms with Crippen molar-refractivity contribution >= 4 is 5.97 Å². The Morgan fingerprint density at radius 2 is 2.05 bits per heavy atom. The molecule has 1 aromatic carbocycles. The Morgan fingerprint density at radius 1 is 1.30 bits per heavy atom. The number of carboxylic acid groups (broad SMARTS) is 1. The van der Waals surface area contributed by atoms with Crippen molar-refractivity contribution in [2.24, 2.45) is 0 Å². The fraction of sp³-hybridized carbons (Fsp3) is 0.357. The second-order valence-electron chi connectivity index (χ2n) is 4.88. The maximum Gasteiger partial charge on any atom is 0.335 e. The van der Waals surface area contributed by atoms with Gasteiger partial charge in [-0.3, -0.25) is 4.90 Å². The highest BCUT2D eigenvalue weighted by atomic mass is 16.4. The summed E-state index contributed by atoms with van der Waals surface area (Å²) in [5.74, 6) is 0.355. The Balaban J connectivity index is 1.72. The number of rotatable bonds is 4. The van der Waals surface area contributed by atoms with E-state index in [2.05, 4.69) is 15.1 Å². The van der Waals surface area contributed by atoms with Crippen LogP contribution in [0.15, 0.2) is 22.6 Å². The van der Waals surface area contributed by atoms with Crippen molar-refractivity contribution in [1.29, 1.82) is 0 Å². The first-order chi connectivity index (χ1) is 9.65. The number of fused-ring (bicyclic) bond motifs is 1. The molecule has 0 fully saturated rings. The zero-order valence-electron chi connectivity index (χ0n) is 11.2. The second kappa shape index (κ2) is 5.05. The smallest absolute Gasteiger partial charge is 0.335 e. The van der Waals surface area contributed by atoms with Gasteiger partial charge in [-0.1, -0.05) is 13.0 Å². The first kappa shape index (κ1) is 12.8. The van der Waals surface area contributed by atoms with Crippen LogP contribution in [0.4, 0.5) is 0 Å². The Hall–Kier alpha value is -2.21. The third-order valence-electron chi connectivity index (χ3n) is 3.41. The summed E-state index contributed by atoms with van der Waals surface area (Å²) >= 11 is 0. The number of hydrogen-bond acceptors (Lipinski definition) is 5. The maximum atomic E-state index is 11.0. The average Bonchev–Trinajstić information content (AvgIpc) is 3.03. The van der Waals surface area contributed by atoms with Gasteiger partial charge in [-0.15, -0.1) is 10.2 Å². The van der Waals surface area contributed by atoms with E-state index < -0.39 is 5.97 Å². The van der Waals surface area contributed by atoms with Gasteiger partial charge >= 0.3 is 5.97 Å². The summed E-state index contributed by atoms with van der Waals surface area (Å²) in [6, 6.07) is 5.26. The molecule has 0 amide bonds. The Morgan fingerprint density at radius 3 is 2.75 bits per heavy atom. The molecule has 1 aromatic heterocycles. The molecule has 2 heterocycles. The molecule has 0 aliphatic carbocycles. The fourth-order valence-electron chi connectivity index (χ4n) is 2.40. The minimum atomic E-state index is -0.893. The van der Waals surface area contributed by atoms with Crippen molar-refractivity contribution in [3.63, 3.8) is 0 Å². The number of aromatic nitrogens is 2. The lowest BCUT2D eigenvalue weighted by molar-refractivity contribution is 0.0696. The van der Waals surface area contributed by atoms with E-state index in [4.69, 9.17) is 9.52 Å². The van der Waals surface area contributed by atoms with Crippen LogP contribution < -0.4 is 0 Å². The standard InChI is InChI=1S/C14H15N3O3/c1-2-12-15-16-13(20-12)8-17-6-10-4-3-9(14(18)19)5-11(10)7-17/h3-5H,2,6-8H2,1H3,(H,18,19). The van der Waals surface area contributed by atoms with Crippen LogP contribution in [0.25, 0.3) is 0 Å². The quantitative estimate of drug-likeness (QED) is 0.915. The van der Waals surface area contributed by atoms with E-state index in [1.54, 1.807) is 12.1 Å². The van der Waals surface area contributed by atoms with Gasteiger partial charge < -0.3 is 9.52 Å². The van der Waals surface area contributed by atoms with Crippen molar-refractivity contribution in [1.82, 2.24) is 15.1 Å². The van der Waals surface area contributed by atoms with Gasteiger partial charge in [0.2, 0.25) is 11.8 Å². The molecule has 1 aliphatic heterocycles. The zero-order valence-corrected chi connectivity index (χ0v) is 11.2. The molecular weight excluding hydrogens is 258 g/mol. The van der Waals surface area contributed by atoms with Gasteiger partial charge in [0.25, 0.3) is 0 Å². The molecule has 20 heavy (non-hydrogen) atoms. The molecule has 0 unspecified atom stereocenters. The third-order valence-corrected chi connectivity index (χ3v) is 3.41. The van der Waals surface area contributed by atoms with Crippen molar-refractivity contribution in [2.45, 2.75) is 33.0 Å². The number of hydrogen-bond donors (Lipinski definition) is 1. The van der Waals surface area contributed by atoms with Crippen molar-refractivity contribution < 1.29 is 14.3 Å². The van der Waals surface area contributed by atoms with Crippen LogP contribution in [0.5, 0.6) is 0 Å². The van der Waals surface area contributed by atoms with Crippen LogP contribution in [0, 0.1) is 0 Å². The van der Waals surface area contributed by atoms with Crippen LogP contribution in [0.2, 0.25) is 0 Å². The number of aromatic carboxylic acids is 1. The van der Waals surface area contributed by atoms with E-state index in [1.807, 2.05) is 13.0 Å². The first-order valence-electron chi connectivity index (χ1n) is 6.54. The van der Waals surface area contributed by atoms with Crippen molar-refractivity contribution in [2.75, 3.05) is 0 Å². The van der Waals surface area contributed by atoms with Gasteiger partial charge in [0.05, 0.1) is 12.1 Å². The van der Waals surface area contributed by atoms with Crippen LogP contribution >= 0.6 is 0 Å². The molecule has 0 saturated heterocycles. The van der Waals surface area contributed by atoms with E-state index in [-0.39, 0.29) is 0 Å². The SMILES string of the molecule is CCc1nnc(CN2Cc3ccc(C(=O)O)cc3C2)o1. The highest BCUT2D eigenvalue weighted by Gasteiger charge is 2.22. The molecule has 104 valence electrons. The van der Waals surface area contributed by atoms with Crippen LogP contribution in [0.3, 0.4) is 0 Å². The highest BCUT2D eigenvalue weighted by molar-refractivity contribution is 5.87. The lowest BCUT2D eigenvalue weighted by atomic mass is 10.1. The number of carbonyl (C=O) groups is 1. The largest absolute Gasteiger partial charge is 0.478 e. The zero-order chi connectivity index (χ0) is 14.1. The molecule has 6 heteroatoms. The van der Waals surface area contributed by atoms with Crippen molar-refractivity contribution in [3.8, 4) is 0 Å². The number of benzene rings is 1. The summed E-state index contributed by atoms with van der Waals surface area (Å²) < 4.78 is 5.50. The summed E-state index contributed by atoms with van der Waals surface area (Å²) in [4.78, 5) is 13.1. The molecule has 0 radical (unpaired) electrons. The van der Waals surface area contributed by atoms with E-state index in [1.165, 1.54) is 0 Å².